The fraction of sp³-hybridized carbons (Fsp3) is 0.364. The van der Waals surface area contributed by atoms with E-state index in [9.17, 15) is 18.0 Å². The van der Waals surface area contributed by atoms with E-state index in [0.717, 1.165) is 9.87 Å². The molecule has 30 heavy (non-hydrogen) atoms. The van der Waals surface area contributed by atoms with Crippen molar-refractivity contribution in [2.75, 3.05) is 19.4 Å². The van der Waals surface area contributed by atoms with Crippen LogP contribution in [0.2, 0.25) is 0 Å². The highest BCUT2D eigenvalue weighted by Gasteiger charge is 2.24. The molecule has 0 aromatic heterocycles. The van der Waals surface area contributed by atoms with Crippen LogP contribution in [0.25, 0.3) is 0 Å². The fourth-order valence-corrected chi connectivity index (χ4v) is 3.89. The average Bonchev–Trinajstić information content (AvgIpc) is 2.67. The Bertz CT molecular complexity index is 1020. The highest BCUT2D eigenvalue weighted by molar-refractivity contribution is 7.89. The number of aryl methyl sites for hydroxylation is 1. The Morgan fingerprint density at radius 1 is 1.03 bits per heavy atom. The number of benzene rings is 2. The summed E-state index contributed by atoms with van der Waals surface area (Å²) in [7, 11) is -0.732. The molecule has 8 heteroatoms. The molecule has 0 aliphatic heterocycles. The molecule has 2 aromatic rings. The number of rotatable bonds is 8. The molecule has 0 unspecified atom stereocenters. The van der Waals surface area contributed by atoms with Gasteiger partial charge in [-0.15, -0.1) is 0 Å². The van der Waals surface area contributed by atoms with Crippen LogP contribution in [0.15, 0.2) is 53.4 Å². The highest BCUT2D eigenvalue weighted by Crippen LogP contribution is 2.19. The van der Waals surface area contributed by atoms with Crippen LogP contribution in [0.3, 0.4) is 0 Å². The zero-order valence-electron chi connectivity index (χ0n) is 18.0. The minimum Gasteiger partial charge on any atom is -0.340 e. The Balaban J connectivity index is 2.22. The molecule has 7 nitrogen and oxygen atoms in total. The zero-order chi connectivity index (χ0) is 22.5. The first-order valence-corrected chi connectivity index (χ1v) is 11.2. The Hall–Kier alpha value is -2.71. The van der Waals surface area contributed by atoms with E-state index in [-0.39, 0.29) is 16.7 Å². The van der Waals surface area contributed by atoms with Crippen LogP contribution in [0, 0.1) is 12.8 Å². The van der Waals surface area contributed by atoms with E-state index < -0.39 is 22.0 Å². The van der Waals surface area contributed by atoms with Crippen LogP contribution in [0.5, 0.6) is 0 Å². The van der Waals surface area contributed by atoms with Gasteiger partial charge in [0.15, 0.2) is 0 Å². The molecule has 2 amide bonds. The lowest BCUT2D eigenvalue weighted by atomic mass is 10.0. The number of hydrogen-bond acceptors (Lipinski definition) is 4. The van der Waals surface area contributed by atoms with Gasteiger partial charge in [-0.2, -0.15) is 0 Å². The normalized spacial score (nSPS) is 12.6. The molecule has 0 fully saturated rings. The first kappa shape index (κ1) is 23.6. The molecule has 0 bridgehead atoms. The number of hydrogen-bond donors (Lipinski definition) is 2. The quantitative estimate of drug-likeness (QED) is 0.672. The van der Waals surface area contributed by atoms with Gasteiger partial charge in [-0.25, -0.2) is 12.7 Å². The van der Waals surface area contributed by atoms with Crippen molar-refractivity contribution < 1.29 is 18.0 Å². The third-order valence-corrected chi connectivity index (χ3v) is 6.41. The summed E-state index contributed by atoms with van der Waals surface area (Å²) >= 11 is 0. The van der Waals surface area contributed by atoms with Gasteiger partial charge in [0.25, 0.3) is 5.91 Å². The number of carbonyl (C=O) groups excluding carboxylic acids is 2. The minimum atomic E-state index is -3.62. The molecule has 0 heterocycles. The minimum absolute atomic E-state index is 0.0784. The van der Waals surface area contributed by atoms with Crippen LogP contribution in [0.1, 0.15) is 36.2 Å². The monoisotopic (exact) mass is 431 g/mol. The summed E-state index contributed by atoms with van der Waals surface area (Å²) in [6.07, 6.45) is 0.444. The zero-order valence-corrected chi connectivity index (χ0v) is 18.8. The summed E-state index contributed by atoms with van der Waals surface area (Å²) in [5.74, 6) is -0.554. The first-order valence-electron chi connectivity index (χ1n) is 9.72. The lowest BCUT2D eigenvalue weighted by Crippen LogP contribution is -2.44. The summed E-state index contributed by atoms with van der Waals surface area (Å²) in [4.78, 5) is 25.7. The van der Waals surface area contributed by atoms with Crippen molar-refractivity contribution in [2.24, 2.45) is 5.92 Å². The Morgan fingerprint density at radius 3 is 2.30 bits per heavy atom. The third-order valence-electron chi connectivity index (χ3n) is 4.60. The van der Waals surface area contributed by atoms with E-state index in [2.05, 4.69) is 10.6 Å². The Labute approximate surface area is 178 Å². The van der Waals surface area contributed by atoms with Crippen LogP contribution in [-0.4, -0.2) is 44.7 Å². The Morgan fingerprint density at radius 2 is 1.70 bits per heavy atom. The highest BCUT2D eigenvalue weighted by atomic mass is 32.2. The molecule has 2 aromatic carbocycles. The van der Waals surface area contributed by atoms with Crippen LogP contribution >= 0.6 is 0 Å². The van der Waals surface area contributed by atoms with Gasteiger partial charge in [-0.3, -0.25) is 9.59 Å². The number of carbonyl (C=O) groups is 2. The van der Waals surface area contributed by atoms with Gasteiger partial charge in [-0.1, -0.05) is 38.1 Å². The van der Waals surface area contributed by atoms with Crippen molar-refractivity contribution in [1.82, 2.24) is 9.62 Å². The van der Waals surface area contributed by atoms with Gasteiger partial charge < -0.3 is 10.6 Å². The predicted molar refractivity (Wildman–Crippen MR) is 118 cm³/mol. The van der Waals surface area contributed by atoms with Crippen LogP contribution < -0.4 is 10.6 Å². The van der Waals surface area contributed by atoms with Gasteiger partial charge in [0.05, 0.1) is 4.90 Å². The number of amides is 2. The van der Waals surface area contributed by atoms with Crippen molar-refractivity contribution in [3.05, 3.63) is 59.7 Å². The van der Waals surface area contributed by atoms with Gasteiger partial charge in [0.1, 0.15) is 6.04 Å². The maximum Gasteiger partial charge on any atom is 0.252 e. The number of nitrogens with one attached hydrogen (secondary N) is 2. The lowest BCUT2D eigenvalue weighted by Gasteiger charge is -2.21. The van der Waals surface area contributed by atoms with E-state index in [4.69, 9.17) is 0 Å². The van der Waals surface area contributed by atoms with Crippen molar-refractivity contribution in [2.45, 2.75) is 38.1 Å². The largest absolute Gasteiger partial charge is 0.340 e. The number of anilines is 1. The summed E-state index contributed by atoms with van der Waals surface area (Å²) < 4.78 is 25.8. The molecule has 0 aliphatic carbocycles. The van der Waals surface area contributed by atoms with Gasteiger partial charge in [0.2, 0.25) is 15.9 Å². The summed E-state index contributed by atoms with van der Waals surface area (Å²) in [6.45, 7) is 5.76. The second-order valence-corrected chi connectivity index (χ2v) is 9.93. The third kappa shape index (κ3) is 5.90. The number of nitrogens with zero attached hydrogens (tertiary/aromatic N) is 1. The van der Waals surface area contributed by atoms with E-state index in [0.29, 0.717) is 17.7 Å². The fourth-order valence-electron chi connectivity index (χ4n) is 2.94. The maximum atomic E-state index is 12.9. The molecule has 1 atom stereocenters. The molecule has 2 rings (SSSR count). The van der Waals surface area contributed by atoms with Crippen molar-refractivity contribution in [3.63, 3.8) is 0 Å². The smallest absolute Gasteiger partial charge is 0.252 e. The molecular formula is C22H29N3O4S. The van der Waals surface area contributed by atoms with E-state index >= 15 is 0 Å². The Kier molecular flexibility index (Phi) is 7.75. The summed E-state index contributed by atoms with van der Waals surface area (Å²) in [6, 6.07) is 12.5. The second-order valence-electron chi connectivity index (χ2n) is 7.78. The molecule has 0 saturated carbocycles. The molecule has 0 saturated heterocycles. The van der Waals surface area contributed by atoms with Gasteiger partial charge >= 0.3 is 0 Å². The molecule has 0 aliphatic rings. The molecule has 0 radical (unpaired) electrons. The number of sulfonamides is 1. The SMILES string of the molecule is Cc1ccccc1C(=O)N[C@H](CC(C)C)C(=O)Nc1cccc(S(=O)(=O)N(C)C)c1. The van der Waals surface area contributed by atoms with Crippen molar-refractivity contribution in [1.29, 1.82) is 0 Å². The molecular weight excluding hydrogens is 402 g/mol. The molecule has 162 valence electrons. The maximum absolute atomic E-state index is 12.9. The predicted octanol–water partition coefficient (Wildman–Crippen LogP) is 3.03. The van der Waals surface area contributed by atoms with Gasteiger partial charge in [-0.05, 0) is 49.1 Å². The first-order chi connectivity index (χ1) is 14.0. The second kappa shape index (κ2) is 9.86. The van der Waals surface area contributed by atoms with E-state index in [1.165, 1.54) is 26.2 Å². The van der Waals surface area contributed by atoms with Crippen molar-refractivity contribution in [3.8, 4) is 0 Å². The topological polar surface area (TPSA) is 95.6 Å². The van der Waals surface area contributed by atoms with Crippen LogP contribution in [-0.2, 0) is 14.8 Å². The average molecular weight is 432 g/mol. The standard InChI is InChI=1S/C22H29N3O4S/c1-15(2)13-20(24-21(26)19-12-7-6-9-16(19)3)22(27)23-17-10-8-11-18(14-17)30(28,29)25(4)5/h6-12,14-15,20H,13H2,1-5H3,(H,23,27)(H,24,26)/t20-/m1/s1. The van der Waals surface area contributed by atoms with Gasteiger partial charge in [0, 0.05) is 25.3 Å². The summed E-state index contributed by atoms with van der Waals surface area (Å²) in [5, 5.41) is 5.54. The summed E-state index contributed by atoms with van der Waals surface area (Å²) in [5.41, 5.74) is 1.68. The lowest BCUT2D eigenvalue weighted by molar-refractivity contribution is -0.118. The van der Waals surface area contributed by atoms with Crippen molar-refractivity contribution >= 4 is 27.5 Å². The van der Waals surface area contributed by atoms with E-state index in [1.54, 1.807) is 24.3 Å². The molecule has 2 N–H and O–H groups in total. The van der Waals surface area contributed by atoms with Crippen LogP contribution in [0.4, 0.5) is 5.69 Å². The molecule has 0 spiro atoms. The van der Waals surface area contributed by atoms with E-state index in [1.807, 2.05) is 32.9 Å².